The third-order valence-corrected chi connectivity index (χ3v) is 4.63. The van der Waals surface area contributed by atoms with Gasteiger partial charge in [0, 0.05) is 19.7 Å². The second-order valence-electron chi connectivity index (χ2n) is 5.22. The maximum Gasteiger partial charge on any atom is 0.243 e. The molecule has 0 aliphatic heterocycles. The van der Waals surface area contributed by atoms with Crippen molar-refractivity contribution in [2.45, 2.75) is 31.3 Å². The van der Waals surface area contributed by atoms with Gasteiger partial charge in [0.1, 0.15) is 10.7 Å². The van der Waals surface area contributed by atoms with E-state index < -0.39 is 21.9 Å². The second kappa shape index (κ2) is 7.84. The van der Waals surface area contributed by atoms with Crippen LogP contribution in [0.3, 0.4) is 0 Å². The Morgan fingerprint density at radius 2 is 2.00 bits per heavy atom. The summed E-state index contributed by atoms with van der Waals surface area (Å²) >= 11 is 0. The summed E-state index contributed by atoms with van der Waals surface area (Å²) in [5, 5.41) is 2.90. The summed E-state index contributed by atoms with van der Waals surface area (Å²) in [5.41, 5.74) is 0.701. The molecule has 0 fully saturated rings. The number of sulfonamides is 1. The van der Waals surface area contributed by atoms with Gasteiger partial charge in [0.2, 0.25) is 10.0 Å². The molecule has 0 radical (unpaired) electrons. The van der Waals surface area contributed by atoms with Gasteiger partial charge in [-0.1, -0.05) is 19.9 Å². The Hall–Kier alpha value is -1.02. The lowest BCUT2D eigenvalue weighted by molar-refractivity contribution is 0.157. The van der Waals surface area contributed by atoms with E-state index in [2.05, 4.69) is 10.0 Å². The fourth-order valence-corrected chi connectivity index (χ4v) is 3.37. The highest BCUT2D eigenvalue weighted by Crippen LogP contribution is 2.18. The number of halogens is 1. The van der Waals surface area contributed by atoms with Crippen LogP contribution in [-0.2, 0) is 21.3 Å². The van der Waals surface area contributed by atoms with Crippen LogP contribution in [0.1, 0.15) is 19.4 Å². The molecule has 5 nitrogen and oxygen atoms in total. The van der Waals surface area contributed by atoms with Crippen molar-refractivity contribution in [3.63, 3.8) is 0 Å². The molecule has 0 aliphatic carbocycles. The van der Waals surface area contributed by atoms with Gasteiger partial charge in [-0.15, -0.1) is 0 Å². The molecule has 0 saturated heterocycles. The maximum atomic E-state index is 13.9. The zero-order valence-electron chi connectivity index (χ0n) is 12.8. The van der Waals surface area contributed by atoms with Gasteiger partial charge in [0.15, 0.2) is 0 Å². The van der Waals surface area contributed by atoms with Gasteiger partial charge in [-0.2, -0.15) is 0 Å². The number of methoxy groups -OCH3 is 1. The summed E-state index contributed by atoms with van der Waals surface area (Å²) in [6, 6.07) is 3.66. The molecule has 0 saturated carbocycles. The summed E-state index contributed by atoms with van der Waals surface area (Å²) in [6.45, 7) is 4.45. The zero-order valence-corrected chi connectivity index (χ0v) is 13.6. The third-order valence-electron chi connectivity index (χ3n) is 3.12. The molecule has 0 aromatic heterocycles. The van der Waals surface area contributed by atoms with Gasteiger partial charge in [0.05, 0.1) is 6.61 Å². The number of nitrogens with one attached hydrogen (secondary N) is 2. The predicted molar refractivity (Wildman–Crippen MR) is 80.0 cm³/mol. The minimum atomic E-state index is -3.93. The van der Waals surface area contributed by atoms with E-state index >= 15 is 0 Å². The highest BCUT2D eigenvalue weighted by Gasteiger charge is 2.25. The first-order valence-electron chi connectivity index (χ1n) is 6.76. The van der Waals surface area contributed by atoms with E-state index in [1.54, 1.807) is 13.1 Å². The van der Waals surface area contributed by atoms with Gasteiger partial charge in [0.25, 0.3) is 0 Å². The van der Waals surface area contributed by atoms with Crippen LogP contribution in [0.2, 0.25) is 0 Å². The molecule has 1 aromatic rings. The van der Waals surface area contributed by atoms with Crippen LogP contribution < -0.4 is 10.0 Å². The third kappa shape index (κ3) is 5.03. The van der Waals surface area contributed by atoms with Crippen LogP contribution >= 0.6 is 0 Å². The van der Waals surface area contributed by atoms with Crippen LogP contribution in [0.5, 0.6) is 0 Å². The number of rotatable bonds is 8. The molecule has 0 bridgehead atoms. The fraction of sp³-hybridized carbons (Fsp3) is 0.571. The number of hydrogen-bond acceptors (Lipinski definition) is 4. The lowest BCUT2D eigenvalue weighted by Crippen LogP contribution is -2.41. The predicted octanol–water partition coefficient (Wildman–Crippen LogP) is 1.49. The molecule has 1 unspecified atom stereocenters. The topological polar surface area (TPSA) is 67.4 Å². The average molecular weight is 318 g/mol. The quantitative estimate of drug-likeness (QED) is 0.762. The van der Waals surface area contributed by atoms with Crippen molar-refractivity contribution in [1.29, 1.82) is 0 Å². The average Bonchev–Trinajstić information content (AvgIpc) is 2.40. The highest BCUT2D eigenvalue weighted by atomic mass is 32.2. The number of ether oxygens (including phenoxy) is 1. The number of benzene rings is 1. The van der Waals surface area contributed by atoms with Crippen LogP contribution in [0.25, 0.3) is 0 Å². The Morgan fingerprint density at radius 3 is 2.52 bits per heavy atom. The minimum absolute atomic E-state index is 0.0308. The summed E-state index contributed by atoms with van der Waals surface area (Å²) < 4.78 is 46.1. The Labute approximate surface area is 125 Å². The summed E-state index contributed by atoms with van der Waals surface area (Å²) in [6.07, 6.45) is 0. The van der Waals surface area contributed by atoms with Gasteiger partial charge in [-0.05, 0) is 30.7 Å². The molecule has 0 amide bonds. The number of hydrogen-bond donors (Lipinski definition) is 2. The van der Waals surface area contributed by atoms with E-state index in [-0.39, 0.29) is 17.4 Å². The van der Waals surface area contributed by atoms with Crippen molar-refractivity contribution < 1.29 is 17.5 Å². The van der Waals surface area contributed by atoms with Crippen LogP contribution in [0.15, 0.2) is 23.1 Å². The second-order valence-corrected chi connectivity index (χ2v) is 6.90. The summed E-state index contributed by atoms with van der Waals surface area (Å²) in [5.74, 6) is -0.731. The van der Waals surface area contributed by atoms with Crippen molar-refractivity contribution in [2.24, 2.45) is 5.92 Å². The van der Waals surface area contributed by atoms with Crippen molar-refractivity contribution in [1.82, 2.24) is 10.0 Å². The molecule has 1 aromatic carbocycles. The van der Waals surface area contributed by atoms with Crippen molar-refractivity contribution >= 4 is 10.0 Å². The molecule has 0 heterocycles. The van der Waals surface area contributed by atoms with Gasteiger partial charge >= 0.3 is 0 Å². The molecule has 0 aliphatic rings. The van der Waals surface area contributed by atoms with Crippen molar-refractivity contribution in [3.8, 4) is 0 Å². The van der Waals surface area contributed by atoms with E-state index in [4.69, 9.17) is 4.74 Å². The SMILES string of the molecule is CNCc1ccc(F)c(S(=O)(=O)NC(COC)C(C)C)c1. The maximum absolute atomic E-state index is 13.9. The normalized spacial score (nSPS) is 13.6. The molecule has 7 heteroatoms. The van der Waals surface area contributed by atoms with Gasteiger partial charge in [-0.25, -0.2) is 17.5 Å². The Kier molecular flexibility index (Phi) is 6.73. The summed E-state index contributed by atoms with van der Waals surface area (Å²) in [7, 11) is -0.694. The standard InChI is InChI=1S/C14H23FN2O3S/c1-10(2)13(9-20-4)17-21(18,19)14-7-11(8-16-3)5-6-12(14)15/h5-7,10,13,16-17H,8-9H2,1-4H3. The van der Waals surface area contributed by atoms with Gasteiger partial charge in [-0.3, -0.25) is 0 Å². The molecular weight excluding hydrogens is 295 g/mol. The zero-order chi connectivity index (χ0) is 16.0. The van der Waals surface area contributed by atoms with E-state index in [1.807, 2.05) is 13.8 Å². The first-order valence-corrected chi connectivity index (χ1v) is 8.24. The lowest BCUT2D eigenvalue weighted by atomic mass is 10.1. The van der Waals surface area contributed by atoms with Crippen LogP contribution in [0, 0.1) is 11.7 Å². The van der Waals surface area contributed by atoms with Crippen molar-refractivity contribution in [2.75, 3.05) is 20.8 Å². The molecule has 2 N–H and O–H groups in total. The molecule has 0 spiro atoms. The van der Waals surface area contributed by atoms with E-state index in [0.717, 1.165) is 0 Å². The largest absolute Gasteiger partial charge is 0.383 e. The fourth-order valence-electron chi connectivity index (χ4n) is 1.87. The molecular formula is C14H23FN2O3S. The smallest absolute Gasteiger partial charge is 0.243 e. The van der Waals surface area contributed by atoms with Crippen molar-refractivity contribution in [3.05, 3.63) is 29.6 Å². The van der Waals surface area contributed by atoms with Gasteiger partial charge < -0.3 is 10.1 Å². The Bertz CT molecular complexity index is 561. The minimum Gasteiger partial charge on any atom is -0.383 e. The highest BCUT2D eigenvalue weighted by molar-refractivity contribution is 7.89. The lowest BCUT2D eigenvalue weighted by Gasteiger charge is -2.21. The molecule has 21 heavy (non-hydrogen) atoms. The molecule has 1 rings (SSSR count). The summed E-state index contributed by atoms with van der Waals surface area (Å²) in [4.78, 5) is -0.336. The van der Waals surface area contributed by atoms with Crippen LogP contribution in [-0.4, -0.2) is 35.2 Å². The monoisotopic (exact) mass is 318 g/mol. The Balaban J connectivity index is 3.08. The first kappa shape index (κ1) is 18.0. The van der Waals surface area contributed by atoms with E-state index in [1.165, 1.54) is 19.2 Å². The van der Waals surface area contributed by atoms with E-state index in [9.17, 15) is 12.8 Å². The van der Waals surface area contributed by atoms with Crippen LogP contribution in [0.4, 0.5) is 4.39 Å². The molecule has 1 atom stereocenters. The first-order chi connectivity index (χ1) is 9.81. The molecule has 120 valence electrons. The Morgan fingerprint density at radius 1 is 1.33 bits per heavy atom. The van der Waals surface area contributed by atoms with E-state index in [0.29, 0.717) is 12.1 Å².